The largest absolute Gasteiger partial charge is 0.328 e. The lowest BCUT2D eigenvalue weighted by Gasteiger charge is -2.37. The van der Waals surface area contributed by atoms with Crippen LogP contribution < -0.4 is 5.73 Å². The molecule has 1 amide bonds. The third-order valence-corrected chi connectivity index (χ3v) is 8.30. The van der Waals surface area contributed by atoms with Crippen LogP contribution >= 0.6 is 0 Å². The zero-order chi connectivity index (χ0) is 29.0. The molecule has 0 fully saturated rings. The quantitative estimate of drug-likeness (QED) is 0.321. The van der Waals surface area contributed by atoms with Gasteiger partial charge in [0.2, 0.25) is 18.1 Å². The number of benzene rings is 2. The number of isocyanates is 2. The maximum atomic E-state index is 13.2. The summed E-state index contributed by atoms with van der Waals surface area (Å²) in [5.74, 6) is 0.0000370. The lowest BCUT2D eigenvalue weighted by atomic mass is 9.65. The summed E-state index contributed by atoms with van der Waals surface area (Å²) in [5, 5.41) is 6.61. The summed E-state index contributed by atoms with van der Waals surface area (Å²) >= 11 is 0. The molecule has 0 aromatic heterocycles. The van der Waals surface area contributed by atoms with Crippen molar-refractivity contribution in [3.8, 4) is 0 Å². The van der Waals surface area contributed by atoms with Crippen LogP contribution in [0.2, 0.25) is 0 Å². The highest BCUT2D eigenvalue weighted by atomic mass is 16.2. The number of nitrogens with two attached hydrogens (primary N) is 1. The van der Waals surface area contributed by atoms with E-state index in [0.717, 1.165) is 71.2 Å². The van der Waals surface area contributed by atoms with Crippen molar-refractivity contribution < 1.29 is 14.4 Å². The van der Waals surface area contributed by atoms with Gasteiger partial charge in [0.1, 0.15) is 0 Å². The third-order valence-electron chi connectivity index (χ3n) is 8.30. The minimum absolute atomic E-state index is 0.0000370. The number of amides is 1. The van der Waals surface area contributed by atoms with Crippen LogP contribution in [0.15, 0.2) is 51.5 Å². The topological polar surface area (TPSA) is 118 Å². The summed E-state index contributed by atoms with van der Waals surface area (Å²) in [6.45, 7) is 9.74. The van der Waals surface area contributed by atoms with Gasteiger partial charge in [-0.1, -0.05) is 42.8 Å². The lowest BCUT2D eigenvalue weighted by Crippen LogP contribution is -2.38. The molecule has 2 N–H and O–H groups in total. The van der Waals surface area contributed by atoms with E-state index in [0.29, 0.717) is 0 Å². The van der Waals surface area contributed by atoms with Crippen LogP contribution in [0.3, 0.4) is 0 Å². The first kappa shape index (κ1) is 29.3. The Bertz CT molecular complexity index is 1320. The van der Waals surface area contributed by atoms with Gasteiger partial charge in [-0.2, -0.15) is 15.1 Å². The molecule has 0 spiro atoms. The molecule has 2 unspecified atom stereocenters. The van der Waals surface area contributed by atoms with Crippen molar-refractivity contribution in [1.82, 2.24) is 5.01 Å². The number of nitrogens with zero attached hydrogens (tertiary/aromatic N) is 4. The monoisotopic (exact) mass is 541 g/mol. The van der Waals surface area contributed by atoms with E-state index >= 15 is 0 Å². The summed E-state index contributed by atoms with van der Waals surface area (Å²) in [7, 11) is 0. The number of hydrogen-bond donors (Lipinski definition) is 1. The first-order chi connectivity index (χ1) is 19.1. The summed E-state index contributed by atoms with van der Waals surface area (Å²) in [6.07, 6.45) is 7.60. The molecule has 2 aromatic carbocycles. The smallest absolute Gasteiger partial charge is 0.248 e. The van der Waals surface area contributed by atoms with Crippen LogP contribution in [0, 0.1) is 0 Å². The molecule has 0 saturated carbocycles. The van der Waals surface area contributed by atoms with Gasteiger partial charge in [-0.25, -0.2) is 14.6 Å². The van der Waals surface area contributed by atoms with Crippen molar-refractivity contribution in [3.05, 3.63) is 69.8 Å². The summed E-state index contributed by atoms with van der Waals surface area (Å²) < 4.78 is 0. The zero-order valence-corrected chi connectivity index (χ0v) is 24.1. The summed E-state index contributed by atoms with van der Waals surface area (Å²) in [6, 6.07) is 12.0. The number of carbonyl (C=O) groups excluding carboxylic acids is 3. The number of carbonyl (C=O) groups is 1. The van der Waals surface area contributed by atoms with Crippen LogP contribution in [-0.2, 0) is 32.6 Å². The van der Waals surface area contributed by atoms with Crippen LogP contribution in [-0.4, -0.2) is 40.9 Å². The number of hydrogen-bond acceptors (Lipinski definition) is 7. The maximum Gasteiger partial charge on any atom is 0.248 e. The van der Waals surface area contributed by atoms with Gasteiger partial charge in [0.05, 0.1) is 29.6 Å². The van der Waals surface area contributed by atoms with Crippen molar-refractivity contribution in [2.24, 2.45) is 20.8 Å². The van der Waals surface area contributed by atoms with E-state index in [9.17, 15) is 14.4 Å². The van der Waals surface area contributed by atoms with Gasteiger partial charge in [-0.15, -0.1) is 0 Å². The number of aliphatic imine (C=N–C) groups is 2. The molecule has 1 heterocycles. The highest BCUT2D eigenvalue weighted by molar-refractivity contribution is 6.12. The summed E-state index contributed by atoms with van der Waals surface area (Å²) in [4.78, 5) is 43.1. The lowest BCUT2D eigenvalue weighted by molar-refractivity contribution is -0.130. The molecule has 210 valence electrons. The molecule has 1 aliphatic carbocycles. The van der Waals surface area contributed by atoms with E-state index < -0.39 is 5.41 Å². The molecule has 40 heavy (non-hydrogen) atoms. The highest BCUT2D eigenvalue weighted by Crippen LogP contribution is 2.47. The second kappa shape index (κ2) is 12.2. The van der Waals surface area contributed by atoms with E-state index in [1.165, 1.54) is 0 Å². The Morgan fingerprint density at radius 2 is 1.45 bits per heavy atom. The molecule has 2 aliphatic rings. The number of fused-ring (bicyclic) bond motifs is 2. The number of hydrazone groups is 1. The van der Waals surface area contributed by atoms with E-state index in [1.54, 1.807) is 17.2 Å². The fourth-order valence-corrected chi connectivity index (χ4v) is 6.21. The predicted molar refractivity (Wildman–Crippen MR) is 156 cm³/mol. The molecule has 1 aliphatic heterocycles. The third kappa shape index (κ3) is 5.62. The van der Waals surface area contributed by atoms with Crippen molar-refractivity contribution >= 4 is 23.8 Å². The van der Waals surface area contributed by atoms with Gasteiger partial charge < -0.3 is 5.73 Å². The van der Waals surface area contributed by atoms with E-state index in [1.807, 2.05) is 46.8 Å². The van der Waals surface area contributed by atoms with Gasteiger partial charge in [0, 0.05) is 12.1 Å². The Balaban J connectivity index is 2.01. The van der Waals surface area contributed by atoms with Crippen molar-refractivity contribution in [3.63, 3.8) is 0 Å². The molecule has 4 rings (SSSR count). The SMILES string of the molecule is CC(N=C=O)c1ccc2c(c1)CCc1cc(C(C)N=C=O)ccc1C2(CCC[C@H](C)N)C1=NN(C(C)C)C(=O)C1. The fraction of sp³-hybridized carbons (Fsp3) is 0.500. The van der Waals surface area contributed by atoms with Crippen LogP contribution in [0.5, 0.6) is 0 Å². The molecule has 2 aromatic rings. The maximum absolute atomic E-state index is 13.2. The Hall–Kier alpha value is -3.70. The standard InChI is InChI=1S/C32H39N5O3/c1-20(2)37-31(40)17-30(36-37)32(14-6-7-21(3)33)28-12-10-24(22(4)34-18-38)15-26(28)8-9-27-16-25(11-13-29(27)32)23(5)35-19-39/h10-13,15-16,20-23H,6-9,14,17,33H2,1-5H3/t21-,22?,23?,32?/m0/s1. The molecule has 0 bridgehead atoms. The molecular weight excluding hydrogens is 502 g/mol. The van der Waals surface area contributed by atoms with E-state index in [-0.39, 0.29) is 36.5 Å². The van der Waals surface area contributed by atoms with Gasteiger partial charge in [-0.05, 0) is 93.7 Å². The molecular formula is C32H39N5O3. The first-order valence-corrected chi connectivity index (χ1v) is 14.2. The van der Waals surface area contributed by atoms with Crippen LogP contribution in [0.1, 0.15) is 106 Å². The van der Waals surface area contributed by atoms with Crippen LogP contribution in [0.4, 0.5) is 0 Å². The molecule has 8 nitrogen and oxygen atoms in total. The normalized spacial score (nSPS) is 20.4. The minimum atomic E-state index is -0.638. The molecule has 0 radical (unpaired) electrons. The Morgan fingerprint density at radius 3 is 1.88 bits per heavy atom. The number of aryl methyl sites for hydroxylation is 2. The Morgan fingerprint density at radius 1 is 0.925 bits per heavy atom. The van der Waals surface area contributed by atoms with Crippen molar-refractivity contribution in [1.29, 1.82) is 0 Å². The average Bonchev–Trinajstić information content (AvgIpc) is 3.26. The second-order valence-electron chi connectivity index (χ2n) is 11.5. The van der Waals surface area contributed by atoms with E-state index in [4.69, 9.17) is 10.8 Å². The number of rotatable bonds is 10. The first-order valence-electron chi connectivity index (χ1n) is 14.2. The Labute approximate surface area is 236 Å². The highest BCUT2D eigenvalue weighted by Gasteiger charge is 2.47. The van der Waals surface area contributed by atoms with Gasteiger partial charge >= 0.3 is 0 Å². The zero-order valence-electron chi connectivity index (χ0n) is 24.1. The molecule has 3 atom stereocenters. The molecule has 0 saturated heterocycles. The minimum Gasteiger partial charge on any atom is -0.328 e. The van der Waals surface area contributed by atoms with Gasteiger partial charge in [0.25, 0.3) is 0 Å². The van der Waals surface area contributed by atoms with Gasteiger partial charge in [-0.3, -0.25) is 4.79 Å². The summed E-state index contributed by atoms with van der Waals surface area (Å²) in [5.41, 5.74) is 12.9. The predicted octanol–water partition coefficient (Wildman–Crippen LogP) is 5.38. The fourth-order valence-electron chi connectivity index (χ4n) is 6.21. The molecule has 8 heteroatoms. The van der Waals surface area contributed by atoms with Gasteiger partial charge in [0.15, 0.2) is 0 Å². The average molecular weight is 542 g/mol. The Kier molecular flexibility index (Phi) is 8.95. The van der Waals surface area contributed by atoms with E-state index in [2.05, 4.69) is 34.3 Å². The second-order valence-corrected chi connectivity index (χ2v) is 11.5. The van der Waals surface area contributed by atoms with Crippen molar-refractivity contribution in [2.45, 2.75) is 103 Å². The van der Waals surface area contributed by atoms with Crippen LogP contribution in [0.25, 0.3) is 0 Å². The van der Waals surface area contributed by atoms with Crippen molar-refractivity contribution in [2.75, 3.05) is 0 Å².